The lowest BCUT2D eigenvalue weighted by Crippen LogP contribution is -2.40. The molecule has 1 aromatic heterocycles. The fourth-order valence-electron chi connectivity index (χ4n) is 3.12. The molecule has 5 nitrogen and oxygen atoms in total. The van der Waals surface area contributed by atoms with E-state index in [2.05, 4.69) is 31.1 Å². The molecule has 0 spiro atoms. The Balaban J connectivity index is 1.63. The molecule has 3 rings (SSSR count). The van der Waals surface area contributed by atoms with E-state index < -0.39 is 5.82 Å². The highest BCUT2D eigenvalue weighted by molar-refractivity contribution is 9.10. The van der Waals surface area contributed by atoms with Crippen molar-refractivity contribution in [3.63, 3.8) is 0 Å². The minimum Gasteiger partial charge on any atom is -0.310 e. The molecule has 2 heterocycles. The highest BCUT2D eigenvalue weighted by atomic mass is 79.9. The number of aromatic nitrogens is 1. The number of anilines is 1. The number of nitriles is 1. The van der Waals surface area contributed by atoms with Crippen molar-refractivity contribution in [2.45, 2.75) is 19.4 Å². The summed E-state index contributed by atoms with van der Waals surface area (Å²) < 4.78 is 15.1. The van der Waals surface area contributed by atoms with E-state index in [0.29, 0.717) is 24.5 Å². The standard InChI is InChI=1S/C19H18BrFN4O/c20-16-6-7-17(23-10-16)24-19(26)15-5-2-8-25(12-15)11-14-4-1-3-13(9-22)18(14)21/h1,3-4,6-7,10,15H,2,5,8,11-12H2,(H,23,24,26)/t15-/m0/s1. The zero-order valence-corrected chi connectivity index (χ0v) is 15.7. The Morgan fingerprint density at radius 2 is 2.27 bits per heavy atom. The lowest BCUT2D eigenvalue weighted by atomic mass is 9.96. The van der Waals surface area contributed by atoms with Gasteiger partial charge in [-0.1, -0.05) is 12.1 Å². The number of benzene rings is 1. The Bertz CT molecular complexity index is 834. The Morgan fingerprint density at radius 3 is 3.00 bits per heavy atom. The van der Waals surface area contributed by atoms with Crippen LogP contribution in [0.5, 0.6) is 0 Å². The highest BCUT2D eigenvalue weighted by Gasteiger charge is 2.26. The second kappa shape index (κ2) is 8.39. The van der Waals surface area contributed by atoms with Gasteiger partial charge in [-0.2, -0.15) is 5.26 Å². The average Bonchev–Trinajstić information content (AvgIpc) is 2.65. The molecule has 0 saturated carbocycles. The smallest absolute Gasteiger partial charge is 0.229 e. The van der Waals surface area contributed by atoms with E-state index in [4.69, 9.17) is 5.26 Å². The molecule has 1 atom stereocenters. The van der Waals surface area contributed by atoms with Crippen LogP contribution in [0.25, 0.3) is 0 Å². The van der Waals surface area contributed by atoms with Crippen LogP contribution in [-0.2, 0) is 11.3 Å². The van der Waals surface area contributed by atoms with Gasteiger partial charge in [0, 0.05) is 29.3 Å². The fourth-order valence-corrected chi connectivity index (χ4v) is 3.35. The summed E-state index contributed by atoms with van der Waals surface area (Å²) in [6.45, 7) is 1.75. The number of amides is 1. The van der Waals surface area contributed by atoms with Crippen LogP contribution in [0.1, 0.15) is 24.0 Å². The van der Waals surface area contributed by atoms with Gasteiger partial charge in [-0.05, 0) is 53.5 Å². The summed E-state index contributed by atoms with van der Waals surface area (Å²) in [6.07, 6.45) is 3.29. The molecule has 0 bridgehead atoms. The van der Waals surface area contributed by atoms with Crippen molar-refractivity contribution in [1.82, 2.24) is 9.88 Å². The third-order valence-corrected chi connectivity index (χ3v) is 4.92. The van der Waals surface area contributed by atoms with E-state index >= 15 is 0 Å². The maximum atomic E-state index is 14.3. The quantitative estimate of drug-likeness (QED) is 0.824. The van der Waals surface area contributed by atoms with Gasteiger partial charge >= 0.3 is 0 Å². The molecule has 1 aromatic carbocycles. The molecule has 1 N–H and O–H groups in total. The van der Waals surface area contributed by atoms with Crippen molar-refractivity contribution in [2.24, 2.45) is 5.92 Å². The number of hydrogen-bond donors (Lipinski definition) is 1. The van der Waals surface area contributed by atoms with Gasteiger partial charge in [-0.15, -0.1) is 0 Å². The van der Waals surface area contributed by atoms with E-state index in [1.807, 2.05) is 12.1 Å². The van der Waals surface area contributed by atoms with Crippen LogP contribution in [0.2, 0.25) is 0 Å². The van der Waals surface area contributed by atoms with E-state index in [1.165, 1.54) is 6.07 Å². The second-order valence-corrected chi connectivity index (χ2v) is 7.23. The zero-order chi connectivity index (χ0) is 18.5. The van der Waals surface area contributed by atoms with Crippen LogP contribution in [0.4, 0.5) is 10.2 Å². The third kappa shape index (κ3) is 4.45. The average molecular weight is 417 g/mol. The second-order valence-electron chi connectivity index (χ2n) is 6.32. The molecule has 1 fully saturated rings. The first-order valence-electron chi connectivity index (χ1n) is 8.39. The number of piperidine rings is 1. The summed E-state index contributed by atoms with van der Waals surface area (Å²) in [4.78, 5) is 18.7. The zero-order valence-electron chi connectivity index (χ0n) is 14.1. The fraction of sp³-hybridized carbons (Fsp3) is 0.316. The van der Waals surface area contributed by atoms with Gasteiger partial charge in [-0.25, -0.2) is 9.37 Å². The molecule has 134 valence electrons. The molecule has 1 aliphatic heterocycles. The predicted molar refractivity (Wildman–Crippen MR) is 99.7 cm³/mol. The van der Waals surface area contributed by atoms with Crippen LogP contribution >= 0.6 is 15.9 Å². The lowest BCUT2D eigenvalue weighted by Gasteiger charge is -2.32. The number of nitrogens with one attached hydrogen (secondary N) is 1. The summed E-state index contributed by atoms with van der Waals surface area (Å²) >= 11 is 3.31. The maximum absolute atomic E-state index is 14.3. The summed E-state index contributed by atoms with van der Waals surface area (Å²) in [5.41, 5.74) is 0.537. The molecule has 1 saturated heterocycles. The maximum Gasteiger partial charge on any atom is 0.229 e. The summed E-state index contributed by atoms with van der Waals surface area (Å²) in [5, 5.41) is 11.8. The van der Waals surface area contributed by atoms with Gasteiger partial charge in [0.25, 0.3) is 0 Å². The molecule has 26 heavy (non-hydrogen) atoms. The third-order valence-electron chi connectivity index (χ3n) is 4.45. The van der Waals surface area contributed by atoms with Gasteiger partial charge in [0.15, 0.2) is 0 Å². The van der Waals surface area contributed by atoms with Gasteiger partial charge in [0.05, 0.1) is 11.5 Å². The predicted octanol–water partition coefficient (Wildman–Crippen LogP) is 3.71. The number of hydrogen-bond acceptors (Lipinski definition) is 4. The van der Waals surface area contributed by atoms with Crippen molar-refractivity contribution in [1.29, 1.82) is 5.26 Å². The minimum atomic E-state index is -0.472. The van der Waals surface area contributed by atoms with Crippen LogP contribution in [0.3, 0.4) is 0 Å². The number of likely N-dealkylation sites (tertiary alicyclic amines) is 1. The first-order chi connectivity index (χ1) is 12.6. The van der Waals surface area contributed by atoms with Crippen LogP contribution in [0.15, 0.2) is 41.0 Å². The molecule has 0 aliphatic carbocycles. The van der Waals surface area contributed by atoms with Gasteiger partial charge in [-0.3, -0.25) is 9.69 Å². The minimum absolute atomic E-state index is 0.0510. The number of carbonyl (C=O) groups is 1. The van der Waals surface area contributed by atoms with E-state index in [-0.39, 0.29) is 17.4 Å². The molecule has 7 heteroatoms. The Hall–Kier alpha value is -2.30. The number of rotatable bonds is 4. The Morgan fingerprint density at radius 1 is 1.42 bits per heavy atom. The summed E-state index contributed by atoms with van der Waals surface area (Å²) in [6, 6.07) is 10.3. The van der Waals surface area contributed by atoms with Crippen LogP contribution in [-0.4, -0.2) is 28.9 Å². The summed E-state index contributed by atoms with van der Waals surface area (Å²) in [7, 11) is 0. The van der Waals surface area contributed by atoms with Gasteiger partial charge in [0.1, 0.15) is 17.7 Å². The monoisotopic (exact) mass is 416 g/mol. The normalized spacial score (nSPS) is 17.5. The van der Waals surface area contributed by atoms with Crippen molar-refractivity contribution in [3.05, 3.63) is 57.9 Å². The molecular formula is C19H18BrFN4O. The van der Waals surface area contributed by atoms with Crippen LogP contribution in [0, 0.1) is 23.1 Å². The first kappa shape index (κ1) is 18.5. The topological polar surface area (TPSA) is 69.0 Å². The molecule has 0 radical (unpaired) electrons. The van der Waals surface area contributed by atoms with Crippen molar-refractivity contribution in [3.8, 4) is 6.07 Å². The largest absolute Gasteiger partial charge is 0.310 e. The van der Waals surface area contributed by atoms with E-state index in [0.717, 1.165) is 23.9 Å². The number of halogens is 2. The highest BCUT2D eigenvalue weighted by Crippen LogP contribution is 2.22. The molecule has 2 aromatic rings. The summed E-state index contributed by atoms with van der Waals surface area (Å²) in [5.74, 6) is -0.198. The van der Waals surface area contributed by atoms with Crippen molar-refractivity contribution in [2.75, 3.05) is 18.4 Å². The molecule has 1 amide bonds. The molecular weight excluding hydrogens is 399 g/mol. The van der Waals surface area contributed by atoms with E-state index in [9.17, 15) is 9.18 Å². The Kier molecular flexibility index (Phi) is 5.96. The van der Waals surface area contributed by atoms with Gasteiger partial charge in [0.2, 0.25) is 5.91 Å². The SMILES string of the molecule is N#Cc1cccc(CN2CCC[C@H](C(=O)Nc3ccc(Br)cn3)C2)c1F. The Labute approximate surface area is 160 Å². The lowest BCUT2D eigenvalue weighted by molar-refractivity contribution is -0.121. The van der Waals surface area contributed by atoms with E-state index in [1.54, 1.807) is 24.4 Å². The van der Waals surface area contributed by atoms with Gasteiger partial charge < -0.3 is 5.32 Å². The van der Waals surface area contributed by atoms with Crippen molar-refractivity contribution >= 4 is 27.7 Å². The number of pyridine rings is 1. The van der Waals surface area contributed by atoms with Crippen LogP contribution < -0.4 is 5.32 Å². The molecule has 0 unspecified atom stereocenters. The first-order valence-corrected chi connectivity index (χ1v) is 9.18. The van der Waals surface area contributed by atoms with Crippen molar-refractivity contribution < 1.29 is 9.18 Å². The number of nitrogens with zero attached hydrogens (tertiary/aromatic N) is 3. The number of carbonyl (C=O) groups excluding carboxylic acids is 1. The molecule has 1 aliphatic rings.